The molecule has 2 heterocycles. The quantitative estimate of drug-likeness (QED) is 0.442. The molecule has 1 N–H and O–H groups in total. The van der Waals surface area contributed by atoms with Gasteiger partial charge in [0.1, 0.15) is 5.75 Å². The van der Waals surface area contributed by atoms with Gasteiger partial charge >= 0.3 is 5.97 Å². The molecule has 1 spiro atoms. The van der Waals surface area contributed by atoms with Crippen LogP contribution >= 0.6 is 0 Å². The molecule has 2 aliphatic heterocycles. The third-order valence-electron chi connectivity index (χ3n) is 10.5. The molecule has 7 nitrogen and oxygen atoms in total. The molecular formula is C29H41NO6Si. The van der Waals surface area contributed by atoms with Gasteiger partial charge in [-0.15, -0.1) is 0 Å². The minimum Gasteiger partial charge on any atom is -0.541 e. The molecule has 6 atom stereocenters. The Hall–Kier alpha value is -1.90. The molecule has 2 saturated carbocycles. The first-order valence-electron chi connectivity index (χ1n) is 14.0. The van der Waals surface area contributed by atoms with Crippen LogP contribution in [0.4, 0.5) is 0 Å². The Bertz CT molecular complexity index is 1160. The Labute approximate surface area is 221 Å². The molecule has 3 aliphatic carbocycles. The summed E-state index contributed by atoms with van der Waals surface area (Å²) in [6.07, 6.45) is 2.33. The number of piperidine rings is 1. The Balaban J connectivity index is 1.37. The molecule has 1 unspecified atom stereocenters. The van der Waals surface area contributed by atoms with Crippen molar-refractivity contribution in [3.63, 3.8) is 0 Å². The molecule has 1 aromatic rings. The maximum Gasteiger partial charge on any atom is 0.309 e. The van der Waals surface area contributed by atoms with Crippen LogP contribution in [0.25, 0.3) is 0 Å². The van der Waals surface area contributed by atoms with E-state index in [4.69, 9.17) is 13.9 Å². The highest BCUT2D eigenvalue weighted by Gasteiger charge is 2.73. The highest BCUT2D eigenvalue weighted by Crippen LogP contribution is 2.65. The molecule has 6 rings (SSSR count). The van der Waals surface area contributed by atoms with Gasteiger partial charge in [-0.1, -0.05) is 26.8 Å². The molecule has 0 radical (unpaired) electrons. The molecule has 8 heteroatoms. The monoisotopic (exact) mass is 527 g/mol. The summed E-state index contributed by atoms with van der Waals surface area (Å²) in [7, 11) is -2.14. The maximum atomic E-state index is 13.3. The molecule has 37 heavy (non-hydrogen) atoms. The highest BCUT2D eigenvalue weighted by atomic mass is 28.4. The predicted molar refractivity (Wildman–Crippen MR) is 141 cm³/mol. The Morgan fingerprint density at radius 3 is 2.73 bits per heavy atom. The first kappa shape index (κ1) is 25.4. The molecule has 202 valence electrons. The average Bonchev–Trinajstić information content (AvgIpc) is 3.48. The van der Waals surface area contributed by atoms with Crippen LogP contribution in [0, 0.1) is 11.8 Å². The van der Waals surface area contributed by atoms with Gasteiger partial charge in [0.25, 0.3) is 8.32 Å². The summed E-state index contributed by atoms with van der Waals surface area (Å²) in [5.41, 5.74) is 0.401. The standard InChI is InChI=1S/C29H41NO6Si/c1-7-34-26(32)19-14-18(19)16-30-13-12-28-23-17-8-9-21(36-37(5,6)27(2,3)4)24(23)35-25(28)20(31)10-11-29(28,33)22(30)15-17/h8-9,18-19,22,25,33H,7,10-16H2,1-6H3/t18?,19-,22-,25+,28+,29-/m1/s1. The Kier molecular flexibility index (Phi) is 5.52. The van der Waals surface area contributed by atoms with E-state index in [1.54, 1.807) is 0 Å². The second kappa shape index (κ2) is 8.05. The minimum absolute atomic E-state index is 0.0243. The lowest BCUT2D eigenvalue weighted by molar-refractivity contribution is -0.189. The van der Waals surface area contributed by atoms with E-state index in [0.717, 1.165) is 36.4 Å². The van der Waals surface area contributed by atoms with E-state index < -0.39 is 25.4 Å². The van der Waals surface area contributed by atoms with Crippen molar-refractivity contribution >= 4 is 20.1 Å². The lowest BCUT2D eigenvalue weighted by atomic mass is 9.49. The van der Waals surface area contributed by atoms with Gasteiger partial charge in [-0.3, -0.25) is 14.5 Å². The Morgan fingerprint density at radius 2 is 2.03 bits per heavy atom. The molecule has 0 amide bonds. The minimum atomic E-state index is -2.14. The smallest absolute Gasteiger partial charge is 0.309 e. The number of hydrogen-bond acceptors (Lipinski definition) is 7. The van der Waals surface area contributed by atoms with Gasteiger partial charge in [0.2, 0.25) is 0 Å². The third-order valence-corrected chi connectivity index (χ3v) is 14.8. The topological polar surface area (TPSA) is 85.3 Å². The van der Waals surface area contributed by atoms with Crippen molar-refractivity contribution < 1.29 is 28.6 Å². The van der Waals surface area contributed by atoms with Crippen molar-refractivity contribution in [2.45, 2.75) is 101 Å². The summed E-state index contributed by atoms with van der Waals surface area (Å²) in [5.74, 6) is 1.65. The fourth-order valence-corrected chi connectivity index (χ4v) is 8.43. The van der Waals surface area contributed by atoms with Gasteiger partial charge < -0.3 is 19.0 Å². The number of likely N-dealkylation sites (tertiary alicyclic amines) is 1. The number of nitrogens with zero attached hydrogens (tertiary/aromatic N) is 1. The second-order valence-corrected chi connectivity index (χ2v) is 18.2. The molecule has 2 bridgehead atoms. The van der Waals surface area contributed by atoms with Crippen molar-refractivity contribution in [3.05, 3.63) is 23.3 Å². The molecule has 3 fully saturated rings. The van der Waals surface area contributed by atoms with E-state index in [-0.39, 0.29) is 34.7 Å². The van der Waals surface area contributed by atoms with Crippen molar-refractivity contribution in [2.75, 3.05) is 19.7 Å². The van der Waals surface area contributed by atoms with Crippen LogP contribution in [0.2, 0.25) is 18.1 Å². The van der Waals surface area contributed by atoms with Crippen LogP contribution < -0.4 is 9.16 Å². The zero-order valence-corrected chi connectivity index (χ0v) is 24.1. The summed E-state index contributed by atoms with van der Waals surface area (Å²) in [6, 6.07) is 4.06. The van der Waals surface area contributed by atoms with E-state index in [9.17, 15) is 14.7 Å². The van der Waals surface area contributed by atoms with Crippen LogP contribution in [0.5, 0.6) is 11.5 Å². The second-order valence-electron chi connectivity index (χ2n) is 13.5. The number of benzene rings is 1. The number of hydrogen-bond donors (Lipinski definition) is 1. The SMILES string of the molecule is CCOC(=O)[C@@H]1CC1CN1CC[C@]23c4c5ccc(O[Si](C)(C)C(C)(C)C)c4O[C@H]2C(=O)CC[C@@]3(O)[C@H]1C5. The normalized spacial score (nSPS) is 36.0. The number of Topliss-reactive ketones (excluding diaryl/α,β-unsaturated/α-hetero) is 1. The molecule has 1 aromatic carbocycles. The molecule has 0 aromatic heterocycles. The number of ketones is 1. The van der Waals surface area contributed by atoms with Crippen LogP contribution in [0.15, 0.2) is 12.1 Å². The van der Waals surface area contributed by atoms with Crippen LogP contribution in [0.3, 0.4) is 0 Å². The zero-order chi connectivity index (χ0) is 26.5. The van der Waals surface area contributed by atoms with E-state index in [0.29, 0.717) is 38.0 Å². The van der Waals surface area contributed by atoms with E-state index in [1.165, 1.54) is 0 Å². The van der Waals surface area contributed by atoms with Crippen molar-refractivity contribution in [1.82, 2.24) is 4.90 Å². The van der Waals surface area contributed by atoms with E-state index in [2.05, 4.69) is 44.8 Å². The lowest BCUT2D eigenvalue weighted by Crippen LogP contribution is -2.76. The largest absolute Gasteiger partial charge is 0.541 e. The molecule has 1 saturated heterocycles. The van der Waals surface area contributed by atoms with Gasteiger partial charge in [-0.05, 0) is 74.8 Å². The van der Waals surface area contributed by atoms with Gasteiger partial charge in [0.15, 0.2) is 17.6 Å². The number of ether oxygens (including phenoxy) is 2. The maximum absolute atomic E-state index is 13.3. The van der Waals surface area contributed by atoms with Gasteiger partial charge in [0, 0.05) is 24.6 Å². The summed E-state index contributed by atoms with van der Waals surface area (Å²) >= 11 is 0. The van der Waals surface area contributed by atoms with Crippen LogP contribution in [-0.2, 0) is 26.2 Å². The molecular weight excluding hydrogens is 486 g/mol. The summed E-state index contributed by atoms with van der Waals surface area (Å²) < 4.78 is 18.5. The summed E-state index contributed by atoms with van der Waals surface area (Å²) in [6.45, 7) is 14.9. The number of carbonyl (C=O) groups is 2. The van der Waals surface area contributed by atoms with Gasteiger partial charge in [-0.25, -0.2) is 0 Å². The summed E-state index contributed by atoms with van der Waals surface area (Å²) in [5, 5.41) is 12.6. The van der Waals surface area contributed by atoms with Crippen molar-refractivity contribution in [2.24, 2.45) is 11.8 Å². The number of rotatable bonds is 6. The van der Waals surface area contributed by atoms with Crippen LogP contribution in [-0.4, -0.2) is 67.5 Å². The highest BCUT2D eigenvalue weighted by molar-refractivity contribution is 6.74. The first-order chi connectivity index (χ1) is 17.3. The van der Waals surface area contributed by atoms with Crippen molar-refractivity contribution in [3.8, 4) is 11.5 Å². The average molecular weight is 528 g/mol. The number of carbonyl (C=O) groups excluding carboxylic acids is 2. The first-order valence-corrected chi connectivity index (χ1v) is 16.9. The van der Waals surface area contributed by atoms with Gasteiger partial charge in [0.05, 0.1) is 23.5 Å². The Morgan fingerprint density at radius 1 is 1.27 bits per heavy atom. The zero-order valence-electron chi connectivity index (χ0n) is 23.1. The van der Waals surface area contributed by atoms with E-state index in [1.807, 2.05) is 13.0 Å². The van der Waals surface area contributed by atoms with Crippen molar-refractivity contribution in [1.29, 1.82) is 0 Å². The molecule has 5 aliphatic rings. The summed E-state index contributed by atoms with van der Waals surface area (Å²) in [4.78, 5) is 28.0. The number of aliphatic hydroxyl groups is 1. The predicted octanol–water partition coefficient (Wildman–Crippen LogP) is 3.99. The fourth-order valence-electron chi connectivity index (χ4n) is 7.42. The third kappa shape index (κ3) is 3.44. The fraction of sp³-hybridized carbons (Fsp3) is 0.724. The van der Waals surface area contributed by atoms with Crippen LogP contribution in [0.1, 0.15) is 64.5 Å². The lowest BCUT2D eigenvalue weighted by Gasteiger charge is -2.62. The van der Waals surface area contributed by atoms with E-state index >= 15 is 0 Å². The number of esters is 1. The van der Waals surface area contributed by atoms with Gasteiger partial charge in [-0.2, -0.15) is 0 Å².